The number of alkyl halides is 1. The molecule has 1 rings (SSSR count). The summed E-state index contributed by atoms with van der Waals surface area (Å²) < 4.78 is 1.47. The molecule has 0 saturated heterocycles. The number of imidazole rings is 1. The maximum absolute atomic E-state index is 11.9. The fourth-order valence-corrected chi connectivity index (χ4v) is 1.68. The van der Waals surface area contributed by atoms with E-state index in [4.69, 9.17) is 11.6 Å². The number of ketones is 1. The zero-order chi connectivity index (χ0) is 13.3. The highest BCUT2D eigenvalue weighted by molar-refractivity contribution is 6.29. The van der Waals surface area contributed by atoms with E-state index < -0.39 is 5.50 Å². The van der Waals surface area contributed by atoms with Gasteiger partial charge in [-0.25, -0.2) is 4.98 Å². The number of amides is 1. The van der Waals surface area contributed by atoms with E-state index in [-0.39, 0.29) is 17.5 Å². The van der Waals surface area contributed by atoms with Gasteiger partial charge in [-0.05, 0) is 20.8 Å². The van der Waals surface area contributed by atoms with Crippen molar-refractivity contribution in [3.05, 3.63) is 17.2 Å². The van der Waals surface area contributed by atoms with Gasteiger partial charge in [-0.1, -0.05) is 11.6 Å². The van der Waals surface area contributed by atoms with E-state index in [1.807, 2.05) is 0 Å². The summed E-state index contributed by atoms with van der Waals surface area (Å²) in [6.45, 7) is 4.95. The predicted octanol–water partition coefficient (Wildman–Crippen LogP) is 1.53. The highest BCUT2D eigenvalue weighted by atomic mass is 35.5. The number of hydrogen-bond acceptors (Lipinski definition) is 3. The van der Waals surface area contributed by atoms with Gasteiger partial charge in [0.1, 0.15) is 0 Å². The van der Waals surface area contributed by atoms with E-state index in [9.17, 15) is 9.59 Å². The highest BCUT2D eigenvalue weighted by Crippen LogP contribution is 2.22. The summed E-state index contributed by atoms with van der Waals surface area (Å²) in [5, 5.41) is 0. The summed E-state index contributed by atoms with van der Waals surface area (Å²) in [5.41, 5.74) is 0.530. The lowest BCUT2D eigenvalue weighted by Crippen LogP contribution is -2.27. The van der Waals surface area contributed by atoms with Crippen LogP contribution in [0.1, 0.15) is 34.4 Å². The Hall–Kier alpha value is -1.36. The van der Waals surface area contributed by atoms with Crippen molar-refractivity contribution in [3.63, 3.8) is 0 Å². The minimum atomic E-state index is -0.893. The van der Waals surface area contributed by atoms with Crippen LogP contribution >= 0.6 is 11.6 Å². The van der Waals surface area contributed by atoms with Gasteiger partial charge < -0.3 is 9.47 Å². The van der Waals surface area contributed by atoms with Gasteiger partial charge in [0, 0.05) is 19.8 Å². The Morgan fingerprint density at radius 3 is 2.29 bits per heavy atom. The smallest absolute Gasteiger partial charge is 0.289 e. The van der Waals surface area contributed by atoms with E-state index in [1.165, 1.54) is 16.4 Å². The Labute approximate surface area is 105 Å². The molecule has 17 heavy (non-hydrogen) atoms. The van der Waals surface area contributed by atoms with Crippen LogP contribution in [0, 0.1) is 13.8 Å². The zero-order valence-corrected chi connectivity index (χ0v) is 11.4. The Morgan fingerprint density at radius 1 is 1.35 bits per heavy atom. The summed E-state index contributed by atoms with van der Waals surface area (Å²) in [6.07, 6.45) is 0. The summed E-state index contributed by atoms with van der Waals surface area (Å²) in [4.78, 5) is 28.8. The van der Waals surface area contributed by atoms with Crippen LogP contribution in [0.3, 0.4) is 0 Å². The first-order valence-electron chi connectivity index (χ1n) is 5.19. The molecule has 0 aromatic carbocycles. The average molecular weight is 258 g/mol. The lowest BCUT2D eigenvalue weighted by molar-refractivity contribution is -0.118. The summed E-state index contributed by atoms with van der Waals surface area (Å²) in [6, 6.07) is 0. The molecular weight excluding hydrogens is 242 g/mol. The molecule has 1 unspecified atom stereocenters. The zero-order valence-electron chi connectivity index (χ0n) is 10.6. The van der Waals surface area contributed by atoms with Crippen molar-refractivity contribution in [1.82, 2.24) is 14.5 Å². The Morgan fingerprint density at radius 2 is 1.88 bits per heavy atom. The molecule has 1 aromatic heterocycles. The van der Waals surface area contributed by atoms with Gasteiger partial charge in [0.2, 0.25) is 5.82 Å². The first-order valence-corrected chi connectivity index (χ1v) is 5.62. The van der Waals surface area contributed by atoms with Crippen molar-refractivity contribution in [2.24, 2.45) is 0 Å². The number of carbonyl (C=O) groups excluding carboxylic acids is 2. The summed E-state index contributed by atoms with van der Waals surface area (Å²) >= 11 is 6.02. The Bertz CT molecular complexity index is 466. The maximum atomic E-state index is 11.9. The largest absolute Gasteiger partial charge is 0.342 e. The summed E-state index contributed by atoms with van der Waals surface area (Å²) in [5.74, 6) is -0.298. The Kier molecular flexibility index (Phi) is 3.93. The second kappa shape index (κ2) is 4.87. The van der Waals surface area contributed by atoms with E-state index >= 15 is 0 Å². The Balaban J connectivity index is 3.37. The lowest BCUT2D eigenvalue weighted by Gasteiger charge is -2.15. The number of rotatable bonds is 3. The van der Waals surface area contributed by atoms with E-state index in [2.05, 4.69) is 4.98 Å². The second-order valence-electron chi connectivity index (χ2n) is 4.12. The molecule has 0 aliphatic rings. The van der Waals surface area contributed by atoms with Gasteiger partial charge in [0.15, 0.2) is 11.3 Å². The van der Waals surface area contributed by atoms with Crippen LogP contribution in [0.2, 0.25) is 0 Å². The second-order valence-corrected chi connectivity index (χ2v) is 4.54. The van der Waals surface area contributed by atoms with Gasteiger partial charge in [-0.15, -0.1) is 0 Å². The standard InChI is InChI=1S/C11H16ClN3O2/c1-6-7(2)15(9(12)8(3)16)10(13-6)11(17)14(4)5/h9H,1-5H3. The predicted molar refractivity (Wildman–Crippen MR) is 65.3 cm³/mol. The highest BCUT2D eigenvalue weighted by Gasteiger charge is 2.25. The normalized spacial score (nSPS) is 12.4. The minimum Gasteiger partial charge on any atom is -0.342 e. The third-order valence-corrected chi connectivity index (χ3v) is 3.05. The van der Waals surface area contributed by atoms with Crippen LogP contribution in [0.4, 0.5) is 0 Å². The number of aromatic nitrogens is 2. The number of halogens is 1. The molecule has 1 atom stereocenters. The first kappa shape index (κ1) is 13.7. The molecule has 0 aliphatic carbocycles. The molecule has 6 heteroatoms. The molecule has 0 saturated carbocycles. The van der Waals surface area contributed by atoms with Crippen LogP contribution in [-0.2, 0) is 4.79 Å². The molecule has 1 aromatic rings. The molecular formula is C11H16ClN3O2. The fraction of sp³-hybridized carbons (Fsp3) is 0.545. The number of nitrogens with zero attached hydrogens (tertiary/aromatic N) is 3. The van der Waals surface area contributed by atoms with Crippen LogP contribution in [0.25, 0.3) is 0 Å². The molecule has 1 amide bonds. The first-order chi connectivity index (χ1) is 7.77. The topological polar surface area (TPSA) is 55.2 Å². The fourth-order valence-electron chi connectivity index (χ4n) is 1.44. The summed E-state index contributed by atoms with van der Waals surface area (Å²) in [7, 11) is 3.26. The van der Waals surface area contributed by atoms with E-state index in [0.717, 1.165) is 5.69 Å². The van der Waals surface area contributed by atoms with Crippen LogP contribution in [-0.4, -0.2) is 40.2 Å². The quantitative estimate of drug-likeness (QED) is 0.772. The van der Waals surface area contributed by atoms with Crippen molar-refractivity contribution in [2.45, 2.75) is 26.3 Å². The third-order valence-electron chi connectivity index (χ3n) is 2.55. The van der Waals surface area contributed by atoms with Gasteiger partial charge in [0.05, 0.1) is 5.69 Å². The van der Waals surface area contributed by atoms with Gasteiger partial charge in [0.25, 0.3) is 5.91 Å². The van der Waals surface area contributed by atoms with Crippen molar-refractivity contribution in [2.75, 3.05) is 14.1 Å². The third kappa shape index (κ3) is 2.49. The molecule has 0 spiro atoms. The van der Waals surface area contributed by atoms with Crippen LogP contribution < -0.4 is 0 Å². The SMILES string of the molecule is CC(=O)C(Cl)n1c(C(=O)N(C)C)nc(C)c1C. The van der Waals surface area contributed by atoms with Crippen molar-refractivity contribution >= 4 is 23.3 Å². The van der Waals surface area contributed by atoms with Gasteiger partial charge >= 0.3 is 0 Å². The minimum absolute atomic E-state index is 0.195. The molecule has 1 heterocycles. The van der Waals surface area contributed by atoms with Crippen LogP contribution in [0.15, 0.2) is 0 Å². The maximum Gasteiger partial charge on any atom is 0.289 e. The number of carbonyl (C=O) groups is 2. The monoisotopic (exact) mass is 257 g/mol. The van der Waals surface area contributed by atoms with E-state index in [1.54, 1.807) is 27.9 Å². The average Bonchev–Trinajstić information content (AvgIpc) is 2.53. The van der Waals surface area contributed by atoms with Crippen LogP contribution in [0.5, 0.6) is 0 Å². The molecule has 0 N–H and O–H groups in total. The lowest BCUT2D eigenvalue weighted by atomic mass is 10.3. The number of hydrogen-bond donors (Lipinski definition) is 0. The van der Waals surface area contributed by atoms with E-state index in [0.29, 0.717) is 5.69 Å². The van der Waals surface area contributed by atoms with Crippen molar-refractivity contribution in [1.29, 1.82) is 0 Å². The molecule has 94 valence electrons. The van der Waals surface area contributed by atoms with Crippen molar-refractivity contribution < 1.29 is 9.59 Å². The molecule has 5 nitrogen and oxygen atoms in total. The molecule has 0 aliphatic heterocycles. The van der Waals surface area contributed by atoms with Crippen molar-refractivity contribution in [3.8, 4) is 0 Å². The molecule has 0 bridgehead atoms. The molecule has 0 radical (unpaired) electrons. The van der Waals surface area contributed by atoms with Gasteiger partial charge in [-0.2, -0.15) is 0 Å². The number of aryl methyl sites for hydroxylation is 1. The van der Waals surface area contributed by atoms with Gasteiger partial charge in [-0.3, -0.25) is 9.59 Å². The molecule has 0 fully saturated rings. The number of Topliss-reactive ketones (excluding diaryl/α,β-unsaturated/α-hetero) is 1.